The number of rotatable bonds is 9. The molecule has 1 atom stereocenters. The molecule has 0 amide bonds. The van der Waals surface area contributed by atoms with E-state index in [1.54, 1.807) is 7.11 Å². The number of nitrogens with two attached hydrogens (primary N) is 1. The first-order valence-electron chi connectivity index (χ1n) is 7.47. The Bertz CT molecular complexity index is 452. The van der Waals surface area contributed by atoms with E-state index in [9.17, 15) is 0 Å². The van der Waals surface area contributed by atoms with Crippen molar-refractivity contribution in [3.05, 3.63) is 28.8 Å². The van der Waals surface area contributed by atoms with Crippen LogP contribution in [-0.2, 0) is 4.74 Å². The third-order valence-corrected chi connectivity index (χ3v) is 4.25. The summed E-state index contributed by atoms with van der Waals surface area (Å²) in [6.07, 6.45) is 2.65. The molecule has 2 N–H and O–H groups in total. The lowest BCUT2D eigenvalue weighted by Gasteiger charge is -2.27. The van der Waals surface area contributed by atoms with E-state index >= 15 is 0 Å². The summed E-state index contributed by atoms with van der Waals surface area (Å²) in [5, 5.41) is 0.617. The Morgan fingerprint density at radius 3 is 2.76 bits per heavy atom. The average molecular weight is 313 g/mol. The van der Waals surface area contributed by atoms with Crippen molar-refractivity contribution in [2.24, 2.45) is 11.7 Å². The van der Waals surface area contributed by atoms with Crippen LogP contribution in [0, 0.1) is 5.92 Å². The molecule has 1 aliphatic rings. The molecule has 21 heavy (non-hydrogen) atoms. The summed E-state index contributed by atoms with van der Waals surface area (Å²) in [5.41, 5.74) is 7.04. The minimum absolute atomic E-state index is 0.137. The number of halogens is 1. The lowest BCUT2D eigenvalue weighted by molar-refractivity contribution is 0.0922. The van der Waals surface area contributed by atoms with Crippen molar-refractivity contribution >= 4 is 11.6 Å². The molecule has 1 aromatic rings. The Morgan fingerprint density at radius 1 is 1.43 bits per heavy atom. The predicted molar refractivity (Wildman–Crippen MR) is 86.0 cm³/mol. The summed E-state index contributed by atoms with van der Waals surface area (Å²) in [7, 11) is 3.68. The van der Waals surface area contributed by atoms with E-state index in [2.05, 4.69) is 11.9 Å². The summed E-state index contributed by atoms with van der Waals surface area (Å²) < 4.78 is 10.9. The van der Waals surface area contributed by atoms with Gasteiger partial charge in [0.1, 0.15) is 5.75 Å². The minimum Gasteiger partial charge on any atom is -0.495 e. The number of benzene rings is 1. The maximum absolute atomic E-state index is 6.19. The predicted octanol–water partition coefficient (Wildman–Crippen LogP) is 2.71. The van der Waals surface area contributed by atoms with Gasteiger partial charge in [-0.3, -0.25) is 4.90 Å². The topological polar surface area (TPSA) is 47.7 Å². The first-order chi connectivity index (χ1) is 10.2. The van der Waals surface area contributed by atoms with E-state index in [0.29, 0.717) is 17.3 Å². The maximum Gasteiger partial charge on any atom is 0.137 e. The first kappa shape index (κ1) is 16.6. The second-order valence-electron chi connectivity index (χ2n) is 5.64. The SMILES string of the molecule is COc1ccc(C(CN)N(C)CCOCC2CC2)cc1Cl. The van der Waals surface area contributed by atoms with E-state index in [0.717, 1.165) is 31.2 Å². The highest BCUT2D eigenvalue weighted by Crippen LogP contribution is 2.30. The Labute approximate surface area is 132 Å². The van der Waals surface area contributed by atoms with Crippen LogP contribution in [0.4, 0.5) is 0 Å². The molecular formula is C16H25ClN2O2. The van der Waals surface area contributed by atoms with Crippen molar-refractivity contribution in [1.82, 2.24) is 4.90 Å². The quantitative estimate of drug-likeness (QED) is 0.712. The van der Waals surface area contributed by atoms with Crippen LogP contribution in [0.5, 0.6) is 5.75 Å². The highest BCUT2D eigenvalue weighted by Gasteiger charge is 2.21. The Morgan fingerprint density at radius 2 is 2.19 bits per heavy atom. The zero-order valence-electron chi connectivity index (χ0n) is 12.8. The molecular weight excluding hydrogens is 288 g/mol. The molecule has 0 saturated heterocycles. The number of hydrogen-bond donors (Lipinski definition) is 1. The van der Waals surface area contributed by atoms with Gasteiger partial charge in [-0.15, -0.1) is 0 Å². The fourth-order valence-electron chi connectivity index (χ4n) is 2.36. The second kappa shape index (κ2) is 7.99. The van der Waals surface area contributed by atoms with Crippen LogP contribution in [-0.4, -0.2) is 45.4 Å². The van der Waals surface area contributed by atoms with Crippen LogP contribution in [0.3, 0.4) is 0 Å². The van der Waals surface area contributed by atoms with Gasteiger partial charge in [0, 0.05) is 25.7 Å². The van der Waals surface area contributed by atoms with Gasteiger partial charge in [-0.05, 0) is 43.5 Å². The fourth-order valence-corrected chi connectivity index (χ4v) is 2.63. The number of likely N-dealkylation sites (N-methyl/N-ethyl adjacent to an activating group) is 1. The van der Waals surface area contributed by atoms with Gasteiger partial charge in [0.25, 0.3) is 0 Å². The minimum atomic E-state index is 0.137. The Hall–Kier alpha value is -0.810. The molecule has 1 unspecified atom stereocenters. The van der Waals surface area contributed by atoms with Crippen LogP contribution in [0.15, 0.2) is 18.2 Å². The van der Waals surface area contributed by atoms with Crippen molar-refractivity contribution in [2.45, 2.75) is 18.9 Å². The Balaban J connectivity index is 1.88. The van der Waals surface area contributed by atoms with Crippen LogP contribution < -0.4 is 10.5 Å². The number of hydrogen-bond acceptors (Lipinski definition) is 4. The molecule has 4 nitrogen and oxygen atoms in total. The molecule has 0 aromatic heterocycles. The van der Waals surface area contributed by atoms with E-state index < -0.39 is 0 Å². The number of methoxy groups -OCH3 is 1. The monoisotopic (exact) mass is 312 g/mol. The Kier molecular flexibility index (Phi) is 6.30. The van der Waals surface area contributed by atoms with Crippen molar-refractivity contribution in [3.8, 4) is 5.75 Å². The van der Waals surface area contributed by atoms with E-state index in [1.807, 2.05) is 18.2 Å². The van der Waals surface area contributed by atoms with Gasteiger partial charge in [0.05, 0.1) is 18.7 Å². The molecule has 2 rings (SSSR count). The molecule has 1 saturated carbocycles. The number of ether oxygens (including phenoxy) is 2. The van der Waals surface area contributed by atoms with Crippen molar-refractivity contribution in [1.29, 1.82) is 0 Å². The summed E-state index contributed by atoms with van der Waals surface area (Å²) >= 11 is 6.19. The standard InChI is InChI=1S/C16H25ClN2O2/c1-19(7-8-21-11-12-3-4-12)15(10-18)13-5-6-16(20-2)14(17)9-13/h5-6,9,12,15H,3-4,7-8,10-11,18H2,1-2H3. The third-order valence-electron chi connectivity index (χ3n) is 3.95. The normalized spacial score (nSPS) is 16.2. The second-order valence-corrected chi connectivity index (χ2v) is 6.05. The molecule has 0 heterocycles. The summed E-state index contributed by atoms with van der Waals surface area (Å²) in [5.74, 6) is 1.49. The fraction of sp³-hybridized carbons (Fsp3) is 0.625. The van der Waals surface area contributed by atoms with Gasteiger partial charge in [-0.25, -0.2) is 0 Å². The average Bonchev–Trinajstić information content (AvgIpc) is 3.29. The number of nitrogens with zero attached hydrogens (tertiary/aromatic N) is 1. The molecule has 0 aliphatic heterocycles. The van der Waals surface area contributed by atoms with Crippen molar-refractivity contribution < 1.29 is 9.47 Å². The molecule has 1 fully saturated rings. The first-order valence-corrected chi connectivity index (χ1v) is 7.85. The summed E-state index contributed by atoms with van der Waals surface area (Å²) in [4.78, 5) is 2.21. The molecule has 0 radical (unpaired) electrons. The zero-order chi connectivity index (χ0) is 15.2. The van der Waals surface area contributed by atoms with Gasteiger partial charge >= 0.3 is 0 Å². The van der Waals surface area contributed by atoms with Crippen molar-refractivity contribution in [2.75, 3.05) is 40.5 Å². The van der Waals surface area contributed by atoms with E-state index in [4.69, 9.17) is 26.8 Å². The largest absolute Gasteiger partial charge is 0.495 e. The van der Waals surface area contributed by atoms with Crippen molar-refractivity contribution in [3.63, 3.8) is 0 Å². The maximum atomic E-state index is 6.19. The van der Waals surface area contributed by atoms with Crippen LogP contribution in [0.2, 0.25) is 5.02 Å². The molecule has 118 valence electrons. The zero-order valence-corrected chi connectivity index (χ0v) is 13.6. The van der Waals surface area contributed by atoms with Gasteiger partial charge < -0.3 is 15.2 Å². The highest BCUT2D eigenvalue weighted by atomic mass is 35.5. The van der Waals surface area contributed by atoms with Gasteiger partial charge in [-0.2, -0.15) is 0 Å². The van der Waals surface area contributed by atoms with Gasteiger partial charge in [-0.1, -0.05) is 17.7 Å². The molecule has 5 heteroatoms. The lowest BCUT2D eigenvalue weighted by atomic mass is 10.1. The molecule has 0 spiro atoms. The third kappa shape index (κ3) is 4.85. The van der Waals surface area contributed by atoms with Crippen LogP contribution in [0.25, 0.3) is 0 Å². The van der Waals surface area contributed by atoms with E-state index in [-0.39, 0.29) is 6.04 Å². The summed E-state index contributed by atoms with van der Waals surface area (Å²) in [6.45, 7) is 3.04. The van der Waals surface area contributed by atoms with E-state index in [1.165, 1.54) is 12.8 Å². The summed E-state index contributed by atoms with van der Waals surface area (Å²) in [6, 6.07) is 5.97. The van der Waals surface area contributed by atoms with Gasteiger partial charge in [0.15, 0.2) is 0 Å². The molecule has 1 aliphatic carbocycles. The smallest absolute Gasteiger partial charge is 0.137 e. The van der Waals surface area contributed by atoms with Gasteiger partial charge in [0.2, 0.25) is 0 Å². The van der Waals surface area contributed by atoms with Crippen LogP contribution >= 0.6 is 11.6 Å². The van der Waals surface area contributed by atoms with Crippen LogP contribution in [0.1, 0.15) is 24.4 Å². The lowest BCUT2D eigenvalue weighted by Crippen LogP contribution is -2.33. The molecule has 0 bridgehead atoms. The molecule has 1 aromatic carbocycles. The highest BCUT2D eigenvalue weighted by molar-refractivity contribution is 6.32.